The molecule has 0 spiro atoms. The predicted molar refractivity (Wildman–Crippen MR) is 87.4 cm³/mol. The molecule has 0 saturated carbocycles. The molecular weight excluding hydrogens is 367 g/mol. The normalized spacial score (nSPS) is 10.3. The van der Waals surface area contributed by atoms with Gasteiger partial charge in [0.05, 0.1) is 23.8 Å². The fourth-order valence-corrected chi connectivity index (χ4v) is 2.53. The van der Waals surface area contributed by atoms with Crippen molar-refractivity contribution >= 4 is 21.9 Å². The third-order valence-electron chi connectivity index (χ3n) is 3.06. The van der Waals surface area contributed by atoms with E-state index in [0.717, 1.165) is 0 Å². The second kappa shape index (κ2) is 7.97. The molecule has 0 atom stereocenters. The summed E-state index contributed by atoms with van der Waals surface area (Å²) < 4.78 is 30.1. The van der Waals surface area contributed by atoms with Gasteiger partial charge in [-0.1, -0.05) is 18.2 Å². The first-order valence-electron chi connectivity index (χ1n) is 6.97. The molecule has 0 radical (unpaired) electrons. The third kappa shape index (κ3) is 4.22. The zero-order chi connectivity index (χ0) is 16.8. The number of carbonyl (C=O) groups excluding carboxylic acids is 1. The molecule has 2 aromatic rings. The van der Waals surface area contributed by atoms with Crippen LogP contribution in [0.5, 0.6) is 11.5 Å². The van der Waals surface area contributed by atoms with E-state index in [-0.39, 0.29) is 12.4 Å². The highest BCUT2D eigenvalue weighted by atomic mass is 79.9. The van der Waals surface area contributed by atoms with Crippen LogP contribution in [0.15, 0.2) is 40.9 Å². The van der Waals surface area contributed by atoms with Crippen LogP contribution in [-0.2, 0) is 11.3 Å². The lowest BCUT2D eigenvalue weighted by Crippen LogP contribution is -2.06. The van der Waals surface area contributed by atoms with Crippen molar-refractivity contribution in [3.63, 3.8) is 0 Å². The molecular formula is C17H16BrFO4. The number of halogens is 2. The van der Waals surface area contributed by atoms with Crippen LogP contribution in [0.1, 0.15) is 22.8 Å². The average molecular weight is 383 g/mol. The predicted octanol–water partition coefficient (Wildman–Crippen LogP) is 4.35. The molecule has 122 valence electrons. The Morgan fingerprint density at radius 1 is 1.22 bits per heavy atom. The maximum atomic E-state index is 13.7. The van der Waals surface area contributed by atoms with Crippen LogP contribution in [0, 0.1) is 5.82 Å². The van der Waals surface area contributed by atoms with Crippen LogP contribution in [0.3, 0.4) is 0 Å². The molecule has 0 aliphatic heterocycles. The summed E-state index contributed by atoms with van der Waals surface area (Å²) in [7, 11) is 1.30. The number of hydrogen-bond donors (Lipinski definition) is 0. The van der Waals surface area contributed by atoms with Gasteiger partial charge in [0.1, 0.15) is 12.4 Å². The summed E-state index contributed by atoms with van der Waals surface area (Å²) in [5.41, 5.74) is 0.764. The van der Waals surface area contributed by atoms with Crippen LogP contribution >= 0.6 is 15.9 Å². The number of carbonyl (C=O) groups is 1. The Bertz CT molecular complexity index is 703. The molecule has 6 heteroatoms. The Balaban J connectivity index is 2.29. The Morgan fingerprint density at radius 3 is 2.61 bits per heavy atom. The molecule has 23 heavy (non-hydrogen) atoms. The van der Waals surface area contributed by atoms with Crippen molar-refractivity contribution < 1.29 is 23.4 Å². The molecule has 0 bridgehead atoms. The van der Waals surface area contributed by atoms with E-state index in [4.69, 9.17) is 14.2 Å². The van der Waals surface area contributed by atoms with Crippen molar-refractivity contribution in [2.24, 2.45) is 0 Å². The quantitative estimate of drug-likeness (QED) is 0.696. The lowest BCUT2D eigenvalue weighted by Gasteiger charge is -2.15. The number of esters is 1. The fourth-order valence-electron chi connectivity index (χ4n) is 1.97. The van der Waals surface area contributed by atoms with E-state index in [9.17, 15) is 9.18 Å². The summed E-state index contributed by atoms with van der Waals surface area (Å²) in [5.74, 6) is -0.0264. The van der Waals surface area contributed by atoms with Gasteiger partial charge in [0.25, 0.3) is 0 Å². The highest BCUT2D eigenvalue weighted by Crippen LogP contribution is 2.37. The SMILES string of the molecule is CCOc1cc(C(=O)OC)cc(Br)c1OCc1ccccc1F. The van der Waals surface area contributed by atoms with Gasteiger partial charge in [0.2, 0.25) is 0 Å². The summed E-state index contributed by atoms with van der Waals surface area (Å²) in [6.45, 7) is 2.26. The fraction of sp³-hybridized carbons (Fsp3) is 0.235. The molecule has 4 nitrogen and oxygen atoms in total. The topological polar surface area (TPSA) is 44.8 Å². The van der Waals surface area contributed by atoms with Crippen LogP contribution in [0.4, 0.5) is 4.39 Å². The van der Waals surface area contributed by atoms with Gasteiger partial charge in [-0.2, -0.15) is 0 Å². The Kier molecular flexibility index (Phi) is 5.98. The lowest BCUT2D eigenvalue weighted by molar-refractivity contribution is 0.0600. The molecule has 0 aliphatic carbocycles. The second-order valence-electron chi connectivity index (χ2n) is 4.59. The summed E-state index contributed by atoms with van der Waals surface area (Å²) in [6, 6.07) is 9.48. The monoisotopic (exact) mass is 382 g/mol. The van der Waals surface area contributed by atoms with E-state index < -0.39 is 5.97 Å². The molecule has 0 amide bonds. The van der Waals surface area contributed by atoms with Gasteiger partial charge in [-0.15, -0.1) is 0 Å². The lowest BCUT2D eigenvalue weighted by atomic mass is 10.2. The zero-order valence-corrected chi connectivity index (χ0v) is 14.4. The van der Waals surface area contributed by atoms with E-state index in [0.29, 0.717) is 33.7 Å². The Morgan fingerprint density at radius 2 is 1.96 bits per heavy atom. The minimum Gasteiger partial charge on any atom is -0.490 e. The van der Waals surface area contributed by atoms with Crippen LogP contribution in [0.2, 0.25) is 0 Å². The molecule has 0 unspecified atom stereocenters. The smallest absolute Gasteiger partial charge is 0.338 e. The number of methoxy groups -OCH3 is 1. The zero-order valence-electron chi connectivity index (χ0n) is 12.8. The van der Waals surface area contributed by atoms with E-state index in [1.54, 1.807) is 24.3 Å². The van der Waals surface area contributed by atoms with Crippen molar-refractivity contribution in [1.29, 1.82) is 0 Å². The van der Waals surface area contributed by atoms with Gasteiger partial charge in [-0.3, -0.25) is 0 Å². The van der Waals surface area contributed by atoms with Crippen molar-refractivity contribution in [3.05, 3.63) is 57.8 Å². The van der Waals surface area contributed by atoms with Gasteiger partial charge in [-0.05, 0) is 41.1 Å². The van der Waals surface area contributed by atoms with Gasteiger partial charge < -0.3 is 14.2 Å². The van der Waals surface area contributed by atoms with Crippen LogP contribution < -0.4 is 9.47 Å². The number of ether oxygens (including phenoxy) is 3. The van der Waals surface area contributed by atoms with E-state index in [2.05, 4.69) is 15.9 Å². The standard InChI is InChI=1S/C17H16BrFO4/c1-3-22-15-9-12(17(20)21-2)8-13(18)16(15)23-10-11-6-4-5-7-14(11)19/h4-9H,3,10H2,1-2H3. The van der Waals surface area contributed by atoms with Crippen molar-refractivity contribution in [3.8, 4) is 11.5 Å². The van der Waals surface area contributed by atoms with E-state index >= 15 is 0 Å². The van der Waals surface area contributed by atoms with Gasteiger partial charge in [0, 0.05) is 5.56 Å². The highest BCUT2D eigenvalue weighted by Gasteiger charge is 2.17. The van der Waals surface area contributed by atoms with Gasteiger partial charge in [-0.25, -0.2) is 9.18 Å². The third-order valence-corrected chi connectivity index (χ3v) is 3.65. The molecule has 0 N–H and O–H groups in total. The van der Waals surface area contributed by atoms with E-state index in [1.165, 1.54) is 19.2 Å². The maximum absolute atomic E-state index is 13.7. The first kappa shape index (κ1) is 17.3. The largest absolute Gasteiger partial charge is 0.490 e. The van der Waals surface area contributed by atoms with Crippen LogP contribution in [0.25, 0.3) is 0 Å². The van der Waals surface area contributed by atoms with Crippen molar-refractivity contribution in [1.82, 2.24) is 0 Å². The Hall–Kier alpha value is -2.08. The summed E-state index contributed by atoms with van der Waals surface area (Å²) in [5, 5.41) is 0. The molecule has 2 rings (SSSR count). The van der Waals surface area contributed by atoms with E-state index in [1.807, 2.05) is 6.92 Å². The Labute approximate surface area is 142 Å². The van der Waals surface area contributed by atoms with Crippen LogP contribution in [-0.4, -0.2) is 19.7 Å². The average Bonchev–Trinajstić information content (AvgIpc) is 2.55. The summed E-state index contributed by atoms with van der Waals surface area (Å²) >= 11 is 3.35. The minimum absolute atomic E-state index is 0.0446. The molecule has 0 heterocycles. The first-order valence-corrected chi connectivity index (χ1v) is 7.77. The first-order chi connectivity index (χ1) is 11.1. The van der Waals surface area contributed by atoms with Crippen molar-refractivity contribution in [2.75, 3.05) is 13.7 Å². The molecule has 0 aromatic heterocycles. The summed E-state index contributed by atoms with van der Waals surface area (Å²) in [4.78, 5) is 11.7. The molecule has 0 aliphatic rings. The number of benzene rings is 2. The maximum Gasteiger partial charge on any atom is 0.338 e. The number of hydrogen-bond acceptors (Lipinski definition) is 4. The van der Waals surface area contributed by atoms with Gasteiger partial charge >= 0.3 is 5.97 Å². The number of rotatable bonds is 6. The van der Waals surface area contributed by atoms with Gasteiger partial charge in [0.15, 0.2) is 11.5 Å². The molecule has 0 fully saturated rings. The molecule has 2 aromatic carbocycles. The van der Waals surface area contributed by atoms with Crippen molar-refractivity contribution in [2.45, 2.75) is 13.5 Å². The second-order valence-corrected chi connectivity index (χ2v) is 5.44. The molecule has 0 saturated heterocycles. The summed E-state index contributed by atoms with van der Waals surface area (Å²) in [6.07, 6.45) is 0. The highest BCUT2D eigenvalue weighted by molar-refractivity contribution is 9.10. The minimum atomic E-state index is -0.479.